The second-order valence-electron chi connectivity index (χ2n) is 9.35. The summed E-state index contributed by atoms with van der Waals surface area (Å²) in [6.07, 6.45) is 4.89. The molecule has 2 aliphatic rings. The maximum absolute atomic E-state index is 11.9. The van der Waals surface area contributed by atoms with E-state index in [-0.39, 0.29) is 12.1 Å². The molecule has 37 heavy (non-hydrogen) atoms. The van der Waals surface area contributed by atoms with Gasteiger partial charge in [0.2, 0.25) is 0 Å². The van der Waals surface area contributed by atoms with E-state index in [0.29, 0.717) is 18.9 Å². The Balaban J connectivity index is 1.37. The molecule has 11 heteroatoms. The number of anilines is 2. The molecule has 0 saturated carbocycles. The van der Waals surface area contributed by atoms with Crippen molar-refractivity contribution in [3.8, 4) is 22.5 Å². The van der Waals surface area contributed by atoms with Crippen LogP contribution in [-0.2, 0) is 9.47 Å². The Morgan fingerprint density at radius 3 is 2.65 bits per heavy atom. The van der Waals surface area contributed by atoms with Gasteiger partial charge in [-0.05, 0) is 37.1 Å². The Morgan fingerprint density at radius 2 is 1.86 bits per heavy atom. The summed E-state index contributed by atoms with van der Waals surface area (Å²) in [5.41, 5.74) is 12.2. The predicted molar refractivity (Wildman–Crippen MR) is 139 cm³/mol. The Bertz CT molecular complexity index is 1420. The zero-order valence-corrected chi connectivity index (χ0v) is 20.8. The van der Waals surface area contributed by atoms with Crippen molar-refractivity contribution >= 4 is 23.1 Å². The number of nitrogens with two attached hydrogens (primary N) is 1. The van der Waals surface area contributed by atoms with E-state index in [1.165, 1.54) is 13.4 Å². The average Bonchev–Trinajstić information content (AvgIpc) is 3.59. The van der Waals surface area contributed by atoms with Crippen molar-refractivity contribution in [3.63, 3.8) is 0 Å². The number of methoxy groups -OCH3 is 1. The molecule has 192 valence electrons. The number of nitrogens with zero attached hydrogens (tertiary/aromatic N) is 7. The Hall–Kier alpha value is -4.12. The standard InChI is InChI=1S/C26H30N8O3/c1-36-26(35)32-11-9-31(10-12-32)20-4-2-3-18(15-20)23-16-21(24-25(27)28-17-30-34(23)24)22-5-8-29-33(22)19-6-13-37-14-7-19/h2-5,8,15-17,19H,6-7,9-14H2,1H3,(H2,27,28,30). The highest BCUT2D eigenvalue weighted by atomic mass is 16.5. The third-order valence-corrected chi connectivity index (χ3v) is 7.29. The van der Waals surface area contributed by atoms with Crippen LogP contribution in [0, 0.1) is 0 Å². The number of fused-ring (bicyclic) bond motifs is 1. The van der Waals surface area contributed by atoms with E-state index in [0.717, 1.165) is 72.9 Å². The molecule has 2 N–H and O–H groups in total. The summed E-state index contributed by atoms with van der Waals surface area (Å²) in [7, 11) is 1.42. The molecule has 6 rings (SSSR count). The molecule has 0 bridgehead atoms. The van der Waals surface area contributed by atoms with Crippen molar-refractivity contribution in [2.24, 2.45) is 0 Å². The molecule has 11 nitrogen and oxygen atoms in total. The molecule has 4 aromatic rings. The van der Waals surface area contributed by atoms with Gasteiger partial charge in [-0.25, -0.2) is 14.3 Å². The molecule has 0 aliphatic carbocycles. The number of rotatable bonds is 4. The molecule has 0 radical (unpaired) electrons. The van der Waals surface area contributed by atoms with Crippen LogP contribution in [0.25, 0.3) is 28.0 Å². The van der Waals surface area contributed by atoms with Crippen molar-refractivity contribution in [3.05, 3.63) is 48.9 Å². The van der Waals surface area contributed by atoms with Crippen LogP contribution in [0.4, 0.5) is 16.3 Å². The van der Waals surface area contributed by atoms with Gasteiger partial charge in [0.1, 0.15) is 11.8 Å². The van der Waals surface area contributed by atoms with Gasteiger partial charge in [-0.3, -0.25) is 4.68 Å². The molecule has 0 atom stereocenters. The highest BCUT2D eigenvalue weighted by Gasteiger charge is 2.25. The number of hydrogen-bond acceptors (Lipinski definition) is 8. The highest BCUT2D eigenvalue weighted by Crippen LogP contribution is 2.37. The fraction of sp³-hybridized carbons (Fsp3) is 0.385. The van der Waals surface area contributed by atoms with Gasteiger partial charge in [-0.2, -0.15) is 10.2 Å². The lowest BCUT2D eigenvalue weighted by molar-refractivity contribution is 0.0667. The molecule has 5 heterocycles. The van der Waals surface area contributed by atoms with Gasteiger partial charge < -0.3 is 25.0 Å². The summed E-state index contributed by atoms with van der Waals surface area (Å²) >= 11 is 0. The van der Waals surface area contributed by atoms with Gasteiger partial charge in [-0.15, -0.1) is 0 Å². The Morgan fingerprint density at radius 1 is 1.05 bits per heavy atom. The van der Waals surface area contributed by atoms with Crippen LogP contribution < -0.4 is 10.6 Å². The minimum Gasteiger partial charge on any atom is -0.453 e. The zero-order chi connectivity index (χ0) is 25.4. The molecule has 0 unspecified atom stereocenters. The minimum atomic E-state index is -0.280. The number of nitrogen functional groups attached to an aromatic ring is 1. The Labute approximate surface area is 214 Å². The fourth-order valence-electron chi connectivity index (χ4n) is 5.36. The number of hydrogen-bond donors (Lipinski definition) is 1. The van der Waals surface area contributed by atoms with E-state index in [2.05, 4.69) is 49.0 Å². The summed E-state index contributed by atoms with van der Waals surface area (Å²) < 4.78 is 14.4. The van der Waals surface area contributed by atoms with Crippen LogP contribution in [0.2, 0.25) is 0 Å². The molecule has 2 aliphatic heterocycles. The second kappa shape index (κ2) is 9.74. The highest BCUT2D eigenvalue weighted by molar-refractivity contribution is 5.91. The number of benzene rings is 1. The largest absolute Gasteiger partial charge is 0.453 e. The lowest BCUT2D eigenvalue weighted by Gasteiger charge is -2.35. The van der Waals surface area contributed by atoms with Crippen LogP contribution in [-0.4, -0.2) is 81.9 Å². The summed E-state index contributed by atoms with van der Waals surface area (Å²) in [4.78, 5) is 20.2. The van der Waals surface area contributed by atoms with Gasteiger partial charge >= 0.3 is 6.09 Å². The predicted octanol–water partition coefficient (Wildman–Crippen LogP) is 3.08. The first-order valence-corrected chi connectivity index (χ1v) is 12.6. The number of carbonyl (C=O) groups excluding carboxylic acids is 1. The first kappa shape index (κ1) is 23.3. The van der Waals surface area contributed by atoms with E-state index in [4.69, 9.17) is 15.2 Å². The second-order valence-corrected chi connectivity index (χ2v) is 9.35. The monoisotopic (exact) mass is 502 g/mol. The number of amides is 1. The average molecular weight is 503 g/mol. The van der Waals surface area contributed by atoms with Crippen LogP contribution in [0.5, 0.6) is 0 Å². The zero-order valence-electron chi connectivity index (χ0n) is 20.8. The lowest BCUT2D eigenvalue weighted by Crippen LogP contribution is -2.48. The van der Waals surface area contributed by atoms with Gasteiger partial charge in [0.15, 0.2) is 5.82 Å². The molecule has 2 fully saturated rings. The topological polar surface area (TPSA) is 116 Å². The summed E-state index contributed by atoms with van der Waals surface area (Å²) in [5.74, 6) is 0.422. The number of piperazine rings is 1. The molecular formula is C26H30N8O3. The normalized spacial score (nSPS) is 16.9. The Kier molecular flexibility index (Phi) is 6.13. The molecule has 0 spiro atoms. The summed E-state index contributed by atoms with van der Waals surface area (Å²) in [6.45, 7) is 4.18. The van der Waals surface area contributed by atoms with Crippen molar-refractivity contribution < 1.29 is 14.3 Å². The number of ether oxygens (including phenoxy) is 2. The van der Waals surface area contributed by atoms with Crippen molar-refractivity contribution in [1.82, 2.24) is 29.3 Å². The smallest absolute Gasteiger partial charge is 0.409 e. The van der Waals surface area contributed by atoms with E-state index in [1.54, 1.807) is 4.90 Å². The number of carbonyl (C=O) groups is 1. The summed E-state index contributed by atoms with van der Waals surface area (Å²) in [5, 5.41) is 9.24. The third-order valence-electron chi connectivity index (χ3n) is 7.29. The minimum absolute atomic E-state index is 0.273. The van der Waals surface area contributed by atoms with Crippen LogP contribution in [0.1, 0.15) is 18.9 Å². The lowest BCUT2D eigenvalue weighted by atomic mass is 10.1. The van der Waals surface area contributed by atoms with Crippen LogP contribution in [0.15, 0.2) is 48.9 Å². The van der Waals surface area contributed by atoms with E-state index in [1.807, 2.05) is 22.8 Å². The van der Waals surface area contributed by atoms with Gasteiger partial charge in [-0.1, -0.05) is 12.1 Å². The quantitative estimate of drug-likeness (QED) is 0.453. The van der Waals surface area contributed by atoms with Gasteiger partial charge in [0.25, 0.3) is 0 Å². The van der Waals surface area contributed by atoms with E-state index < -0.39 is 0 Å². The van der Waals surface area contributed by atoms with Crippen molar-refractivity contribution in [2.45, 2.75) is 18.9 Å². The van der Waals surface area contributed by atoms with Crippen molar-refractivity contribution in [2.75, 3.05) is 57.1 Å². The van der Waals surface area contributed by atoms with Crippen molar-refractivity contribution in [1.29, 1.82) is 0 Å². The maximum atomic E-state index is 11.9. The van der Waals surface area contributed by atoms with Gasteiger partial charge in [0.05, 0.1) is 24.5 Å². The molecule has 2 saturated heterocycles. The molecule has 1 aromatic carbocycles. The fourth-order valence-corrected chi connectivity index (χ4v) is 5.36. The van der Waals surface area contributed by atoms with Crippen LogP contribution in [0.3, 0.4) is 0 Å². The van der Waals surface area contributed by atoms with E-state index in [9.17, 15) is 4.79 Å². The maximum Gasteiger partial charge on any atom is 0.409 e. The molecular weight excluding hydrogens is 472 g/mol. The third kappa shape index (κ3) is 4.25. The number of aromatic nitrogens is 5. The molecule has 1 amide bonds. The molecule has 3 aromatic heterocycles. The van der Waals surface area contributed by atoms with Crippen LogP contribution >= 0.6 is 0 Å². The van der Waals surface area contributed by atoms with Gasteiger partial charge in [0, 0.05) is 62.4 Å². The SMILES string of the molecule is COC(=O)N1CCN(c2cccc(-c3cc(-c4ccnn4C4CCOCC4)c4c(N)ncnn34)c2)CC1. The first-order chi connectivity index (χ1) is 18.1. The van der Waals surface area contributed by atoms with E-state index >= 15 is 0 Å². The first-order valence-electron chi connectivity index (χ1n) is 12.6. The summed E-state index contributed by atoms with van der Waals surface area (Å²) in [6, 6.07) is 12.8.